The Morgan fingerprint density at radius 2 is 1.63 bits per heavy atom. The molecule has 4 amide bonds. The molecule has 1 saturated carbocycles. The molecule has 3 aliphatic heterocycles. The van der Waals surface area contributed by atoms with E-state index in [1.54, 1.807) is 18.2 Å². The molecule has 0 bridgehead atoms. The minimum atomic E-state index is -0.963. The number of nitrogens with zero attached hydrogens (tertiary/aromatic N) is 6. The van der Waals surface area contributed by atoms with Gasteiger partial charge in [-0.3, -0.25) is 39.1 Å². The number of nitrogens with one attached hydrogen (secondary N) is 2. The van der Waals surface area contributed by atoms with Crippen LogP contribution in [0.1, 0.15) is 108 Å². The van der Waals surface area contributed by atoms with Gasteiger partial charge in [0.1, 0.15) is 6.04 Å². The molecule has 8 rings (SSSR count). The number of hydrogen-bond acceptors (Lipinski definition) is 9. The maximum Gasteiger partial charge on any atom is 0.262 e. The largest absolute Gasteiger partial charge is 0.385 e. The summed E-state index contributed by atoms with van der Waals surface area (Å²) in [5.41, 5.74) is 7.74. The number of piperidine rings is 2. The molecule has 0 radical (unpaired) electrons. The van der Waals surface area contributed by atoms with Gasteiger partial charge in [-0.05, 0) is 107 Å². The van der Waals surface area contributed by atoms with Crippen LogP contribution >= 0.6 is 0 Å². The van der Waals surface area contributed by atoms with Gasteiger partial charge >= 0.3 is 0 Å². The maximum absolute atomic E-state index is 13.1. The molecule has 2 aromatic heterocycles. The summed E-state index contributed by atoms with van der Waals surface area (Å²) in [7, 11) is 2.20. The average molecular weight is 689 g/mol. The van der Waals surface area contributed by atoms with Gasteiger partial charge < -0.3 is 10.2 Å². The lowest BCUT2D eigenvalue weighted by molar-refractivity contribution is -0.136. The van der Waals surface area contributed by atoms with Gasteiger partial charge in [-0.15, -0.1) is 0 Å². The molecule has 264 valence electrons. The van der Waals surface area contributed by atoms with Crippen molar-refractivity contribution in [3.05, 3.63) is 71.2 Å². The molecule has 4 aliphatic rings. The Bertz CT molecular complexity index is 2010. The predicted molar refractivity (Wildman–Crippen MR) is 192 cm³/mol. The van der Waals surface area contributed by atoms with Crippen molar-refractivity contribution in [3.63, 3.8) is 0 Å². The summed E-state index contributed by atoms with van der Waals surface area (Å²) in [6.07, 6.45) is 13.1. The summed E-state index contributed by atoms with van der Waals surface area (Å²) >= 11 is 0. The Balaban J connectivity index is 0.833. The van der Waals surface area contributed by atoms with Crippen LogP contribution in [0.2, 0.25) is 0 Å². The first-order valence-electron chi connectivity index (χ1n) is 18.4. The number of carbonyl (C=O) groups excluding carboxylic acids is 4. The maximum atomic E-state index is 13.1. The molecule has 2 saturated heterocycles. The molecule has 1 unspecified atom stereocenters. The summed E-state index contributed by atoms with van der Waals surface area (Å²) in [5, 5.41) is 10.6. The number of likely N-dealkylation sites (tertiary alicyclic amines) is 1. The summed E-state index contributed by atoms with van der Waals surface area (Å²) in [5.74, 6) is -0.902. The lowest BCUT2D eigenvalue weighted by Gasteiger charge is -2.29. The summed E-state index contributed by atoms with van der Waals surface area (Å²) < 4.78 is 2.09. The fourth-order valence-corrected chi connectivity index (χ4v) is 7.73. The highest BCUT2D eigenvalue weighted by atomic mass is 16.2. The lowest BCUT2D eigenvalue weighted by atomic mass is 9.89. The van der Waals surface area contributed by atoms with Crippen LogP contribution in [0, 0.1) is 0 Å². The quantitative estimate of drug-likeness (QED) is 0.151. The van der Waals surface area contributed by atoms with Gasteiger partial charge in [0.05, 0.1) is 39.7 Å². The van der Waals surface area contributed by atoms with Crippen LogP contribution in [0.5, 0.6) is 0 Å². The molecule has 51 heavy (non-hydrogen) atoms. The minimum absolute atomic E-state index is 0.0984. The van der Waals surface area contributed by atoms with E-state index in [2.05, 4.69) is 51.7 Å². The van der Waals surface area contributed by atoms with E-state index in [1.807, 2.05) is 6.20 Å². The fraction of sp³-hybridized carbons (Fsp3) is 0.462. The van der Waals surface area contributed by atoms with E-state index in [9.17, 15) is 19.2 Å². The van der Waals surface area contributed by atoms with Crippen LogP contribution in [-0.4, -0.2) is 85.9 Å². The molecule has 1 aliphatic carbocycles. The molecule has 2 N–H and O–H groups in total. The standard InChI is InChI=1S/C39H44N8O4/c1-45-18-14-24(15-19-45)26-8-11-31-32(20-26)42-33(22-41-31)30-23-46(44-36(30)25-6-7-25)17-5-3-2-4-16-40-27-9-10-28-29(21-27)39(51)47(38(28)50)34-12-13-35(48)43-37(34)49/h8-11,20-25,34,40H,2-7,12-19H2,1H3,(H,43,48,49). The molecule has 5 heterocycles. The number of amides is 4. The third-order valence-corrected chi connectivity index (χ3v) is 10.9. The van der Waals surface area contributed by atoms with E-state index in [0.29, 0.717) is 11.8 Å². The lowest BCUT2D eigenvalue weighted by Crippen LogP contribution is -2.54. The molecule has 12 heteroatoms. The fourth-order valence-electron chi connectivity index (χ4n) is 7.73. The van der Waals surface area contributed by atoms with Crippen LogP contribution < -0.4 is 10.6 Å². The molecular weight excluding hydrogens is 644 g/mol. The van der Waals surface area contributed by atoms with E-state index in [1.165, 1.54) is 31.2 Å². The van der Waals surface area contributed by atoms with Gasteiger partial charge in [-0.1, -0.05) is 18.9 Å². The van der Waals surface area contributed by atoms with Crippen LogP contribution in [0.4, 0.5) is 5.69 Å². The number of carbonyl (C=O) groups is 4. The first-order valence-corrected chi connectivity index (χ1v) is 18.4. The van der Waals surface area contributed by atoms with Crippen molar-refractivity contribution in [2.24, 2.45) is 0 Å². The molecule has 2 aromatic carbocycles. The second-order valence-corrected chi connectivity index (χ2v) is 14.6. The second kappa shape index (κ2) is 14.0. The highest BCUT2D eigenvalue weighted by Crippen LogP contribution is 2.43. The zero-order valence-electron chi connectivity index (χ0n) is 29.1. The monoisotopic (exact) mass is 688 g/mol. The molecule has 0 spiro atoms. The van der Waals surface area contributed by atoms with Crippen molar-refractivity contribution >= 4 is 40.3 Å². The molecule has 12 nitrogen and oxygen atoms in total. The van der Waals surface area contributed by atoms with Gasteiger partial charge in [0.25, 0.3) is 11.8 Å². The van der Waals surface area contributed by atoms with Gasteiger partial charge in [-0.2, -0.15) is 5.10 Å². The van der Waals surface area contributed by atoms with Crippen LogP contribution in [0.15, 0.2) is 48.8 Å². The predicted octanol–water partition coefficient (Wildman–Crippen LogP) is 5.25. The topological polar surface area (TPSA) is 142 Å². The van der Waals surface area contributed by atoms with Crippen molar-refractivity contribution in [3.8, 4) is 11.3 Å². The number of anilines is 1. The Hall–Kier alpha value is -4.97. The molecular formula is C39H44N8O4. The second-order valence-electron chi connectivity index (χ2n) is 14.6. The number of rotatable bonds is 12. The van der Waals surface area contributed by atoms with Crippen molar-refractivity contribution in [1.82, 2.24) is 34.9 Å². The summed E-state index contributed by atoms with van der Waals surface area (Å²) in [6.45, 7) is 3.84. The number of aromatic nitrogens is 4. The van der Waals surface area contributed by atoms with Crippen molar-refractivity contribution in [2.75, 3.05) is 32.0 Å². The van der Waals surface area contributed by atoms with Gasteiger partial charge in [0.15, 0.2) is 0 Å². The first kappa shape index (κ1) is 33.2. The smallest absolute Gasteiger partial charge is 0.262 e. The van der Waals surface area contributed by atoms with Gasteiger partial charge in [0, 0.05) is 42.9 Å². The molecule has 4 aromatic rings. The Morgan fingerprint density at radius 1 is 0.824 bits per heavy atom. The van der Waals surface area contributed by atoms with Crippen LogP contribution in [0.3, 0.4) is 0 Å². The van der Waals surface area contributed by atoms with Crippen LogP contribution in [0.25, 0.3) is 22.3 Å². The van der Waals surface area contributed by atoms with Crippen molar-refractivity contribution in [1.29, 1.82) is 0 Å². The number of aryl methyl sites for hydroxylation is 1. The third kappa shape index (κ3) is 6.89. The van der Waals surface area contributed by atoms with E-state index < -0.39 is 23.8 Å². The first-order chi connectivity index (χ1) is 24.8. The zero-order chi connectivity index (χ0) is 35.1. The van der Waals surface area contributed by atoms with Crippen LogP contribution in [-0.2, 0) is 16.1 Å². The van der Waals surface area contributed by atoms with Gasteiger partial charge in [-0.25, -0.2) is 4.98 Å². The van der Waals surface area contributed by atoms with E-state index in [4.69, 9.17) is 15.1 Å². The number of imide groups is 2. The summed E-state index contributed by atoms with van der Waals surface area (Å²) in [4.78, 5) is 63.3. The summed E-state index contributed by atoms with van der Waals surface area (Å²) in [6, 6.07) is 10.7. The highest BCUT2D eigenvalue weighted by Gasteiger charge is 2.44. The number of fused-ring (bicyclic) bond motifs is 2. The zero-order valence-corrected chi connectivity index (χ0v) is 29.1. The van der Waals surface area contributed by atoms with Crippen molar-refractivity contribution < 1.29 is 19.2 Å². The molecule has 1 atom stereocenters. The average Bonchev–Trinajstić information content (AvgIpc) is 3.85. The van der Waals surface area contributed by atoms with E-state index in [-0.39, 0.29) is 29.9 Å². The SMILES string of the molecule is CN1CCC(c2ccc3ncc(-c4cn(CCCCCCNc5ccc6c(c5)C(=O)N(C5CCC(=O)NC5=O)C6=O)nc4C4CC4)nc3c2)CC1. The minimum Gasteiger partial charge on any atom is -0.385 e. The normalized spacial score (nSPS) is 19.9. The Morgan fingerprint density at radius 3 is 2.43 bits per heavy atom. The highest BCUT2D eigenvalue weighted by molar-refractivity contribution is 6.23. The van der Waals surface area contributed by atoms with Gasteiger partial charge in [0.2, 0.25) is 11.8 Å². The Kier molecular flexibility index (Phi) is 9.10. The van der Waals surface area contributed by atoms with Crippen molar-refractivity contribution in [2.45, 2.75) is 88.6 Å². The number of unbranched alkanes of at least 4 members (excludes halogenated alkanes) is 3. The molecule has 3 fully saturated rings. The Labute approximate surface area is 297 Å². The number of benzene rings is 2. The van der Waals surface area contributed by atoms with E-state index >= 15 is 0 Å². The van der Waals surface area contributed by atoms with E-state index in [0.717, 1.165) is 90.4 Å². The third-order valence-electron chi connectivity index (χ3n) is 10.9. The number of hydrogen-bond donors (Lipinski definition) is 2.